The van der Waals surface area contributed by atoms with Crippen molar-refractivity contribution in [3.63, 3.8) is 0 Å². The summed E-state index contributed by atoms with van der Waals surface area (Å²) in [5.74, 6) is -0.251. The first-order chi connectivity index (χ1) is 10.1. The molecule has 0 radical (unpaired) electrons. The second-order valence-corrected chi connectivity index (χ2v) is 5.30. The summed E-state index contributed by atoms with van der Waals surface area (Å²) in [5.41, 5.74) is 2.19. The minimum atomic E-state index is -0.300. The molecule has 0 aromatic heterocycles. The molecule has 0 spiro atoms. The van der Waals surface area contributed by atoms with Crippen LogP contribution < -0.4 is 5.32 Å². The van der Waals surface area contributed by atoms with Gasteiger partial charge in [0.15, 0.2) is 0 Å². The molecule has 0 saturated carbocycles. The van der Waals surface area contributed by atoms with Crippen molar-refractivity contribution in [2.45, 2.75) is 38.9 Å². The van der Waals surface area contributed by atoms with Gasteiger partial charge in [-0.15, -0.1) is 0 Å². The number of carbonyl (C=O) groups excluding carboxylic acids is 2. The predicted molar refractivity (Wildman–Crippen MR) is 79.5 cm³/mol. The first-order valence-electron chi connectivity index (χ1n) is 7.26. The van der Waals surface area contributed by atoms with Crippen molar-refractivity contribution in [1.82, 2.24) is 10.2 Å². The lowest BCUT2D eigenvalue weighted by Crippen LogP contribution is -2.33. The zero-order valence-electron chi connectivity index (χ0n) is 12.8. The number of ether oxygens (including phenoxy) is 1. The lowest BCUT2D eigenvalue weighted by Gasteiger charge is -2.24. The first kappa shape index (κ1) is 15.5. The van der Waals surface area contributed by atoms with E-state index in [2.05, 4.69) is 16.1 Å². The van der Waals surface area contributed by atoms with Crippen molar-refractivity contribution < 1.29 is 14.3 Å². The van der Waals surface area contributed by atoms with E-state index in [1.54, 1.807) is 4.90 Å². The average Bonchev–Trinajstić information content (AvgIpc) is 2.81. The molecule has 1 fully saturated rings. The summed E-state index contributed by atoms with van der Waals surface area (Å²) in [7, 11) is 1.36. The molecule has 21 heavy (non-hydrogen) atoms. The fourth-order valence-corrected chi connectivity index (χ4v) is 2.64. The molecule has 2 unspecified atom stereocenters. The molecule has 1 aliphatic rings. The van der Waals surface area contributed by atoms with Gasteiger partial charge in [0.2, 0.25) is 5.91 Å². The quantitative estimate of drug-likeness (QED) is 0.840. The molecule has 1 aromatic carbocycles. The van der Waals surface area contributed by atoms with Crippen molar-refractivity contribution in [2.75, 3.05) is 13.7 Å². The maximum absolute atomic E-state index is 12.4. The maximum atomic E-state index is 12.4. The van der Waals surface area contributed by atoms with Crippen molar-refractivity contribution in [1.29, 1.82) is 0 Å². The number of hydrogen-bond donors (Lipinski definition) is 1. The van der Waals surface area contributed by atoms with E-state index in [4.69, 9.17) is 0 Å². The third-order valence-corrected chi connectivity index (χ3v) is 3.80. The van der Waals surface area contributed by atoms with Gasteiger partial charge in [-0.3, -0.25) is 14.9 Å². The second kappa shape index (κ2) is 6.72. The highest BCUT2D eigenvalue weighted by molar-refractivity contribution is 5.85. The summed E-state index contributed by atoms with van der Waals surface area (Å²) in [5, 5.41) is 3.35. The van der Waals surface area contributed by atoms with Gasteiger partial charge in [0.25, 0.3) is 0 Å². The Morgan fingerprint density at radius 3 is 2.81 bits per heavy atom. The van der Waals surface area contributed by atoms with Crippen LogP contribution in [0.1, 0.15) is 37.1 Å². The van der Waals surface area contributed by atoms with Crippen molar-refractivity contribution in [3.8, 4) is 0 Å². The fraction of sp³-hybridized carbons (Fsp3) is 0.500. The highest BCUT2D eigenvalue weighted by Crippen LogP contribution is 2.27. The molecular formula is C16H22N2O3. The van der Waals surface area contributed by atoms with Crippen molar-refractivity contribution in [3.05, 3.63) is 35.4 Å². The Bertz CT molecular complexity index is 530. The number of esters is 1. The van der Waals surface area contributed by atoms with Crippen LogP contribution in [0.25, 0.3) is 0 Å². The molecule has 1 saturated heterocycles. The highest BCUT2D eigenvalue weighted by atomic mass is 16.5. The number of carbonyl (C=O) groups is 2. The summed E-state index contributed by atoms with van der Waals surface area (Å²) in [6.45, 7) is 4.37. The number of nitrogens with one attached hydrogen (secondary N) is 1. The van der Waals surface area contributed by atoms with Crippen LogP contribution in [0.15, 0.2) is 24.3 Å². The smallest absolute Gasteiger partial charge is 0.307 e. The van der Waals surface area contributed by atoms with E-state index in [1.807, 2.05) is 32.0 Å². The number of benzene rings is 1. The molecule has 0 aliphatic carbocycles. The Balaban J connectivity index is 2.20. The van der Waals surface area contributed by atoms with Gasteiger partial charge in [0.05, 0.1) is 19.6 Å². The van der Waals surface area contributed by atoms with E-state index in [0.717, 1.165) is 17.5 Å². The van der Waals surface area contributed by atoms with Crippen LogP contribution in [0.5, 0.6) is 0 Å². The van der Waals surface area contributed by atoms with Gasteiger partial charge in [0, 0.05) is 6.54 Å². The van der Waals surface area contributed by atoms with Crippen LogP contribution in [0.3, 0.4) is 0 Å². The zero-order chi connectivity index (χ0) is 15.4. The van der Waals surface area contributed by atoms with E-state index in [0.29, 0.717) is 6.54 Å². The van der Waals surface area contributed by atoms with E-state index < -0.39 is 0 Å². The van der Waals surface area contributed by atoms with E-state index >= 15 is 0 Å². The highest BCUT2D eigenvalue weighted by Gasteiger charge is 2.38. The van der Waals surface area contributed by atoms with Crippen molar-refractivity contribution in [2.24, 2.45) is 0 Å². The monoisotopic (exact) mass is 290 g/mol. The lowest BCUT2D eigenvalue weighted by molar-refractivity contribution is -0.141. The number of rotatable bonds is 5. The van der Waals surface area contributed by atoms with Gasteiger partial charge >= 0.3 is 5.97 Å². The third-order valence-electron chi connectivity index (χ3n) is 3.80. The van der Waals surface area contributed by atoms with Crippen LogP contribution in [0.2, 0.25) is 0 Å². The van der Waals surface area contributed by atoms with E-state index in [1.165, 1.54) is 7.11 Å². The number of aryl methyl sites for hydroxylation is 1. The summed E-state index contributed by atoms with van der Waals surface area (Å²) in [6.07, 6.45) is 0.769. The van der Waals surface area contributed by atoms with Gasteiger partial charge < -0.3 is 9.64 Å². The molecule has 5 nitrogen and oxygen atoms in total. The van der Waals surface area contributed by atoms with E-state index in [9.17, 15) is 9.59 Å². The lowest BCUT2D eigenvalue weighted by atomic mass is 10.1. The molecule has 0 bridgehead atoms. The fourth-order valence-electron chi connectivity index (χ4n) is 2.64. The van der Waals surface area contributed by atoms with Crippen LogP contribution in [0.4, 0.5) is 0 Å². The summed E-state index contributed by atoms with van der Waals surface area (Å²) >= 11 is 0. The second-order valence-electron chi connectivity index (χ2n) is 5.30. The minimum Gasteiger partial charge on any atom is -0.469 e. The average molecular weight is 290 g/mol. The van der Waals surface area contributed by atoms with Crippen LogP contribution in [0, 0.1) is 6.92 Å². The first-order valence-corrected chi connectivity index (χ1v) is 7.26. The largest absolute Gasteiger partial charge is 0.469 e. The Labute approximate surface area is 125 Å². The Kier molecular flexibility index (Phi) is 4.96. The minimum absolute atomic E-state index is 0.0490. The normalized spacial score (nSPS) is 21.7. The topological polar surface area (TPSA) is 58.6 Å². The summed E-state index contributed by atoms with van der Waals surface area (Å²) in [4.78, 5) is 25.5. The Hall–Kier alpha value is -1.88. The standard InChI is InChI=1S/C16H22N2O3/c1-4-13-16(20)18(9-8-14(19)21-3)15(17-13)12-7-5-6-11(2)10-12/h5-7,10,13,15,17H,4,8-9H2,1-3H3. The van der Waals surface area contributed by atoms with Crippen LogP contribution in [-0.2, 0) is 14.3 Å². The van der Waals surface area contributed by atoms with Crippen LogP contribution >= 0.6 is 0 Å². The van der Waals surface area contributed by atoms with Crippen molar-refractivity contribution >= 4 is 11.9 Å². The number of amides is 1. The zero-order valence-corrected chi connectivity index (χ0v) is 12.8. The van der Waals surface area contributed by atoms with Gasteiger partial charge in [-0.1, -0.05) is 36.8 Å². The molecule has 5 heteroatoms. The van der Waals surface area contributed by atoms with Crippen LogP contribution in [-0.4, -0.2) is 36.5 Å². The molecular weight excluding hydrogens is 268 g/mol. The third kappa shape index (κ3) is 3.42. The molecule has 2 atom stereocenters. The SMILES string of the molecule is CCC1NC(c2cccc(C)c2)N(CCC(=O)OC)C1=O. The predicted octanol–water partition coefficient (Wildman–Crippen LogP) is 1.77. The number of nitrogens with zero attached hydrogens (tertiary/aromatic N) is 1. The number of hydrogen-bond acceptors (Lipinski definition) is 4. The molecule has 1 aliphatic heterocycles. The Morgan fingerprint density at radius 2 is 2.19 bits per heavy atom. The Morgan fingerprint density at radius 1 is 1.43 bits per heavy atom. The molecule has 1 amide bonds. The van der Waals surface area contributed by atoms with Gasteiger partial charge in [-0.25, -0.2) is 0 Å². The molecule has 1 N–H and O–H groups in total. The number of methoxy groups -OCH3 is 1. The van der Waals surface area contributed by atoms with E-state index in [-0.39, 0.29) is 30.5 Å². The molecule has 114 valence electrons. The maximum Gasteiger partial charge on any atom is 0.307 e. The summed E-state index contributed by atoms with van der Waals surface area (Å²) < 4.78 is 4.66. The van der Waals surface area contributed by atoms with Gasteiger partial charge in [-0.2, -0.15) is 0 Å². The van der Waals surface area contributed by atoms with Gasteiger partial charge in [-0.05, 0) is 18.9 Å². The molecule has 2 rings (SSSR count). The molecule has 1 heterocycles. The summed E-state index contributed by atoms with van der Waals surface area (Å²) in [6, 6.07) is 7.88. The van der Waals surface area contributed by atoms with Gasteiger partial charge in [0.1, 0.15) is 6.17 Å². The molecule has 1 aromatic rings.